The number of carbonyl (C=O) groups excluding carboxylic acids is 3. The number of nitrogens with zero attached hydrogens (tertiary/aromatic N) is 1. The molecular formula is C21H31N3O5. The maximum Gasteiger partial charge on any atom is 0.251 e. The minimum absolute atomic E-state index is 0.0416. The summed E-state index contributed by atoms with van der Waals surface area (Å²) in [6, 6.07) is 5.51. The van der Waals surface area contributed by atoms with Crippen molar-refractivity contribution in [1.82, 2.24) is 15.3 Å². The first kappa shape index (κ1) is 23.0. The molecule has 8 heteroatoms. The fourth-order valence-electron chi connectivity index (χ4n) is 3.17. The van der Waals surface area contributed by atoms with Crippen molar-refractivity contribution >= 4 is 23.3 Å². The number of hydrogen-bond acceptors (Lipinski definition) is 5. The van der Waals surface area contributed by atoms with E-state index in [4.69, 9.17) is 4.74 Å². The molecule has 0 radical (unpaired) electrons. The molecule has 1 fully saturated rings. The molecular weight excluding hydrogens is 374 g/mol. The number of carbonyl (C=O) groups is 3. The largest absolute Gasteiger partial charge is 0.628 e. The van der Waals surface area contributed by atoms with Crippen LogP contribution in [0.25, 0.3) is 0 Å². The van der Waals surface area contributed by atoms with Gasteiger partial charge in [-0.2, -0.15) is 0 Å². The van der Waals surface area contributed by atoms with Crippen LogP contribution < -0.4 is 15.3 Å². The topological polar surface area (TPSA) is 108 Å². The standard InChI is InChI=1S/C21H31N3O5/c1-13(2)11-17(20(27)23-21(4)14(3)29-12-18(21)25)22-19(26)15-7-9-16(10-8-15)24(5,6)28/h7-10,13-14,17H,11-12H2,1-6H3,(H,22,26)(H,23,27)/t14-,17+,21-/m1/s1. The predicted octanol–water partition coefficient (Wildman–Crippen LogP) is 1.76. The van der Waals surface area contributed by atoms with E-state index in [1.807, 2.05) is 13.8 Å². The number of hydrogen-bond donors (Lipinski definition) is 2. The van der Waals surface area contributed by atoms with Gasteiger partial charge in [0, 0.05) is 17.7 Å². The first-order chi connectivity index (χ1) is 13.3. The van der Waals surface area contributed by atoms with Crippen molar-refractivity contribution in [3.05, 3.63) is 35.0 Å². The van der Waals surface area contributed by atoms with E-state index in [1.165, 1.54) is 14.1 Å². The number of quaternary nitrogens is 1. The van der Waals surface area contributed by atoms with Gasteiger partial charge in [0.15, 0.2) is 5.78 Å². The highest BCUT2D eigenvalue weighted by Crippen LogP contribution is 2.23. The molecule has 2 N–H and O–H groups in total. The van der Waals surface area contributed by atoms with Crippen molar-refractivity contribution < 1.29 is 19.1 Å². The van der Waals surface area contributed by atoms with Gasteiger partial charge in [-0.25, -0.2) is 0 Å². The van der Waals surface area contributed by atoms with Crippen LogP contribution in [0.4, 0.5) is 5.69 Å². The van der Waals surface area contributed by atoms with Crippen molar-refractivity contribution in [3.63, 3.8) is 0 Å². The molecule has 1 aliphatic rings. The number of hydroxylamine groups is 2. The molecule has 0 aliphatic carbocycles. The van der Waals surface area contributed by atoms with Gasteiger partial charge in [-0.15, -0.1) is 0 Å². The molecule has 29 heavy (non-hydrogen) atoms. The Morgan fingerprint density at radius 1 is 1.28 bits per heavy atom. The highest BCUT2D eigenvalue weighted by Gasteiger charge is 2.47. The number of ketones is 1. The van der Waals surface area contributed by atoms with Gasteiger partial charge in [0.2, 0.25) is 5.91 Å². The van der Waals surface area contributed by atoms with Crippen molar-refractivity contribution in [1.29, 1.82) is 0 Å². The summed E-state index contributed by atoms with van der Waals surface area (Å²) >= 11 is 0. The molecule has 2 amide bonds. The van der Waals surface area contributed by atoms with Crippen LogP contribution in [0.1, 0.15) is 44.5 Å². The zero-order valence-corrected chi connectivity index (χ0v) is 17.9. The molecule has 0 saturated carbocycles. The number of Topliss-reactive ketones (excluding diaryl/α,β-unsaturated/α-hetero) is 1. The maximum absolute atomic E-state index is 12.9. The van der Waals surface area contributed by atoms with E-state index in [0.29, 0.717) is 17.7 Å². The quantitative estimate of drug-likeness (QED) is 0.531. The van der Waals surface area contributed by atoms with Crippen LogP contribution in [-0.4, -0.2) is 56.0 Å². The Morgan fingerprint density at radius 3 is 2.31 bits per heavy atom. The Kier molecular flexibility index (Phi) is 6.82. The lowest BCUT2D eigenvalue weighted by molar-refractivity contribution is -0.130. The van der Waals surface area contributed by atoms with Gasteiger partial charge < -0.3 is 25.2 Å². The van der Waals surface area contributed by atoms with E-state index in [2.05, 4.69) is 10.6 Å². The molecule has 0 spiro atoms. The Morgan fingerprint density at radius 2 is 1.86 bits per heavy atom. The van der Waals surface area contributed by atoms with Gasteiger partial charge in [-0.3, -0.25) is 14.4 Å². The Labute approximate surface area is 171 Å². The van der Waals surface area contributed by atoms with Crippen LogP contribution in [0.15, 0.2) is 24.3 Å². The van der Waals surface area contributed by atoms with Crippen LogP contribution in [0.2, 0.25) is 0 Å². The molecule has 8 nitrogen and oxygen atoms in total. The third kappa shape index (κ3) is 5.41. The van der Waals surface area contributed by atoms with Crippen LogP contribution >= 0.6 is 0 Å². The molecule has 1 aliphatic heterocycles. The highest BCUT2D eigenvalue weighted by molar-refractivity contribution is 6.00. The summed E-state index contributed by atoms with van der Waals surface area (Å²) in [6.45, 7) is 7.23. The summed E-state index contributed by atoms with van der Waals surface area (Å²) in [5.41, 5.74) is -0.251. The fraction of sp³-hybridized carbons (Fsp3) is 0.571. The van der Waals surface area contributed by atoms with Gasteiger partial charge in [-0.1, -0.05) is 13.8 Å². The lowest BCUT2D eigenvalue weighted by Crippen LogP contribution is -2.60. The fourth-order valence-corrected chi connectivity index (χ4v) is 3.17. The zero-order chi connectivity index (χ0) is 22.0. The molecule has 1 aromatic rings. The molecule has 1 heterocycles. The van der Waals surface area contributed by atoms with E-state index in [-0.39, 0.29) is 18.3 Å². The second-order valence-corrected chi connectivity index (χ2v) is 8.62. The minimum atomic E-state index is -1.11. The Bertz CT molecular complexity index is 770. The van der Waals surface area contributed by atoms with Gasteiger partial charge in [0.05, 0.1) is 20.2 Å². The number of nitrogens with one attached hydrogen (secondary N) is 2. The molecule has 0 bridgehead atoms. The number of amides is 2. The smallest absolute Gasteiger partial charge is 0.251 e. The van der Waals surface area contributed by atoms with Gasteiger partial charge in [-0.05, 0) is 38.3 Å². The summed E-state index contributed by atoms with van der Waals surface area (Å²) in [5.74, 6) is -0.885. The molecule has 1 aromatic carbocycles. The average molecular weight is 405 g/mol. The number of ether oxygens (including phenoxy) is 1. The van der Waals surface area contributed by atoms with E-state index < -0.39 is 34.1 Å². The van der Waals surface area contributed by atoms with Gasteiger partial charge in [0.25, 0.3) is 5.91 Å². The zero-order valence-electron chi connectivity index (χ0n) is 17.9. The second kappa shape index (κ2) is 8.61. The molecule has 160 valence electrons. The van der Waals surface area contributed by atoms with Crippen molar-refractivity contribution in [2.24, 2.45) is 5.92 Å². The van der Waals surface area contributed by atoms with Crippen molar-refractivity contribution in [2.75, 3.05) is 20.7 Å². The second-order valence-electron chi connectivity index (χ2n) is 8.62. The van der Waals surface area contributed by atoms with Crippen LogP contribution in [0.3, 0.4) is 0 Å². The summed E-state index contributed by atoms with van der Waals surface area (Å²) in [5, 5.41) is 17.5. The molecule has 2 rings (SSSR count). The summed E-state index contributed by atoms with van der Waals surface area (Å²) in [6.07, 6.45) is -0.0323. The monoisotopic (exact) mass is 405 g/mol. The first-order valence-electron chi connectivity index (χ1n) is 9.78. The Hall–Kier alpha value is -2.29. The lowest BCUT2D eigenvalue weighted by atomic mass is 9.92. The van der Waals surface area contributed by atoms with Gasteiger partial charge >= 0.3 is 0 Å². The third-order valence-corrected chi connectivity index (χ3v) is 5.32. The normalized spacial score (nSPS) is 23.2. The van der Waals surface area contributed by atoms with Crippen LogP contribution in [-0.2, 0) is 14.3 Å². The first-order valence-corrected chi connectivity index (χ1v) is 9.78. The third-order valence-electron chi connectivity index (χ3n) is 5.32. The van der Waals surface area contributed by atoms with Crippen molar-refractivity contribution in [2.45, 2.75) is 51.8 Å². The van der Waals surface area contributed by atoms with E-state index >= 15 is 0 Å². The molecule has 0 unspecified atom stereocenters. The molecule has 1 saturated heterocycles. The maximum atomic E-state index is 12.9. The Balaban J connectivity index is 2.14. The SMILES string of the molecule is CC(C)C[C@H](NC(=O)c1ccc([N+](C)(C)[O-])cc1)C(=O)N[C@@]1(C)C(=O)CO[C@@H]1C. The molecule has 3 atom stereocenters. The van der Waals surface area contributed by atoms with Crippen molar-refractivity contribution in [3.8, 4) is 0 Å². The number of benzene rings is 1. The highest BCUT2D eigenvalue weighted by atomic mass is 16.5. The molecule has 0 aromatic heterocycles. The van der Waals surface area contributed by atoms with Gasteiger partial charge in [0.1, 0.15) is 23.9 Å². The predicted molar refractivity (Wildman–Crippen MR) is 111 cm³/mol. The van der Waals surface area contributed by atoms with Crippen LogP contribution in [0.5, 0.6) is 0 Å². The van der Waals surface area contributed by atoms with E-state index in [0.717, 1.165) is 0 Å². The lowest BCUT2D eigenvalue weighted by Gasteiger charge is -2.33. The minimum Gasteiger partial charge on any atom is -0.628 e. The average Bonchev–Trinajstić information content (AvgIpc) is 2.87. The summed E-state index contributed by atoms with van der Waals surface area (Å²) < 4.78 is 4.75. The van der Waals surface area contributed by atoms with E-state index in [1.54, 1.807) is 38.1 Å². The number of rotatable bonds is 7. The summed E-state index contributed by atoms with van der Waals surface area (Å²) in [4.78, 5) is 37.8. The van der Waals surface area contributed by atoms with E-state index in [9.17, 15) is 19.6 Å². The summed E-state index contributed by atoms with van der Waals surface area (Å²) in [7, 11) is 2.99. The van der Waals surface area contributed by atoms with Crippen LogP contribution in [0, 0.1) is 11.1 Å².